The van der Waals surface area contributed by atoms with Gasteiger partial charge in [0.05, 0.1) is 17.1 Å². The number of nitrogens with zero attached hydrogens (tertiary/aromatic N) is 1. The van der Waals surface area contributed by atoms with E-state index in [0.717, 1.165) is 0 Å². The summed E-state index contributed by atoms with van der Waals surface area (Å²) in [6, 6.07) is 4.35. The Balaban J connectivity index is 3.41. The highest BCUT2D eigenvalue weighted by Gasteiger charge is 2.25. The number of ketones is 1. The summed E-state index contributed by atoms with van der Waals surface area (Å²) in [7, 11) is 0. The van der Waals surface area contributed by atoms with Gasteiger partial charge in [-0.3, -0.25) is 14.9 Å². The van der Waals surface area contributed by atoms with Crippen LogP contribution in [0.2, 0.25) is 0 Å². The summed E-state index contributed by atoms with van der Waals surface area (Å²) in [6.45, 7) is 0.990. The van der Waals surface area contributed by atoms with Crippen LogP contribution in [0.25, 0.3) is 0 Å². The lowest BCUT2D eigenvalue weighted by Crippen LogP contribution is -2.08. The fourth-order valence-electron chi connectivity index (χ4n) is 1.39. The van der Waals surface area contributed by atoms with E-state index in [1.807, 2.05) is 0 Å². The first-order valence-electron chi connectivity index (χ1n) is 4.50. The summed E-state index contributed by atoms with van der Waals surface area (Å²) >= 11 is 3.10. The number of hydrogen-bond donors (Lipinski definition) is 1. The maximum Gasteiger partial charge on any atom is 0.274 e. The quantitative estimate of drug-likeness (QED) is 0.522. The molecule has 1 atom stereocenters. The highest BCUT2D eigenvalue weighted by Crippen LogP contribution is 2.34. The molecule has 0 aliphatic rings. The monoisotopic (exact) mass is 287 g/mol. The number of carbonyl (C=O) groups excluding carboxylic acids is 1. The topological polar surface area (TPSA) is 80.4 Å². The average Bonchev–Trinajstić information content (AvgIpc) is 2.26. The highest BCUT2D eigenvalue weighted by molar-refractivity contribution is 9.09. The largest absolute Gasteiger partial charge is 0.392 e. The number of halogens is 1. The van der Waals surface area contributed by atoms with Crippen molar-refractivity contribution in [3.05, 3.63) is 39.4 Å². The van der Waals surface area contributed by atoms with Crippen LogP contribution in [0.3, 0.4) is 0 Å². The minimum Gasteiger partial charge on any atom is -0.392 e. The predicted molar refractivity (Wildman–Crippen MR) is 61.4 cm³/mol. The van der Waals surface area contributed by atoms with Gasteiger partial charge >= 0.3 is 0 Å². The molecule has 0 aliphatic heterocycles. The van der Waals surface area contributed by atoms with Gasteiger partial charge in [0, 0.05) is 6.07 Å². The summed E-state index contributed by atoms with van der Waals surface area (Å²) in [6.07, 6.45) is 0. The second-order valence-corrected chi connectivity index (χ2v) is 4.15. The van der Waals surface area contributed by atoms with Gasteiger partial charge in [0.25, 0.3) is 5.69 Å². The van der Waals surface area contributed by atoms with Crippen molar-refractivity contribution in [1.29, 1.82) is 0 Å². The molecule has 16 heavy (non-hydrogen) atoms. The summed E-state index contributed by atoms with van der Waals surface area (Å²) in [5.74, 6) is -0.246. The first-order chi connectivity index (χ1) is 7.49. The third-order valence-electron chi connectivity index (χ3n) is 2.15. The van der Waals surface area contributed by atoms with Gasteiger partial charge in [0.15, 0.2) is 0 Å². The smallest absolute Gasteiger partial charge is 0.274 e. The Labute approximate surface area is 100 Å². The maximum absolute atomic E-state index is 11.2. The number of Topliss-reactive ketones (excluding diaryl/α,β-unsaturated/α-hetero) is 1. The zero-order valence-corrected chi connectivity index (χ0v) is 10.1. The van der Waals surface area contributed by atoms with E-state index < -0.39 is 9.75 Å². The maximum atomic E-state index is 11.2. The van der Waals surface area contributed by atoms with Crippen LogP contribution in [0.5, 0.6) is 0 Å². The molecule has 0 amide bonds. The molecule has 1 rings (SSSR count). The number of carbonyl (C=O) groups is 1. The zero-order valence-electron chi connectivity index (χ0n) is 8.51. The van der Waals surface area contributed by atoms with Crippen molar-refractivity contribution in [1.82, 2.24) is 0 Å². The molecule has 0 aromatic heterocycles. The molecule has 6 heteroatoms. The van der Waals surface area contributed by atoms with Gasteiger partial charge < -0.3 is 5.11 Å². The molecule has 1 aromatic rings. The van der Waals surface area contributed by atoms with E-state index in [1.54, 1.807) is 6.07 Å². The fraction of sp³-hybridized carbons (Fsp3) is 0.300. The first-order valence-corrected chi connectivity index (χ1v) is 5.42. The van der Waals surface area contributed by atoms with Gasteiger partial charge in [-0.05, 0) is 12.5 Å². The number of alkyl halides is 1. The van der Waals surface area contributed by atoms with Crippen molar-refractivity contribution < 1.29 is 14.8 Å². The van der Waals surface area contributed by atoms with Crippen molar-refractivity contribution in [3.8, 4) is 0 Å². The molecule has 1 N–H and O–H groups in total. The van der Waals surface area contributed by atoms with Gasteiger partial charge in [-0.2, -0.15) is 0 Å². The molecule has 1 unspecified atom stereocenters. The van der Waals surface area contributed by atoms with Crippen molar-refractivity contribution >= 4 is 27.4 Å². The predicted octanol–water partition coefficient (Wildman–Crippen LogP) is 2.11. The van der Waals surface area contributed by atoms with E-state index in [-0.39, 0.29) is 23.6 Å². The average molecular weight is 288 g/mol. The minimum absolute atomic E-state index is 0.163. The fourth-order valence-corrected chi connectivity index (χ4v) is 1.92. The molecule has 5 nitrogen and oxygen atoms in total. The van der Waals surface area contributed by atoms with Gasteiger partial charge in [0.1, 0.15) is 10.6 Å². The van der Waals surface area contributed by atoms with E-state index >= 15 is 0 Å². The number of aliphatic hydroxyl groups is 1. The molecule has 0 bridgehead atoms. The lowest BCUT2D eigenvalue weighted by atomic mass is 10.0. The number of aliphatic hydroxyl groups excluding tert-OH is 1. The number of nitro benzene ring substituents is 1. The van der Waals surface area contributed by atoms with Crippen molar-refractivity contribution in [2.75, 3.05) is 0 Å². The SMILES string of the molecule is CC(=O)C(Br)c1c(CO)cccc1[N+](=O)[O-]. The zero-order chi connectivity index (χ0) is 12.3. The lowest BCUT2D eigenvalue weighted by molar-refractivity contribution is -0.385. The van der Waals surface area contributed by atoms with E-state index in [1.165, 1.54) is 19.1 Å². The van der Waals surface area contributed by atoms with Crippen molar-refractivity contribution in [2.24, 2.45) is 0 Å². The van der Waals surface area contributed by atoms with Crippen molar-refractivity contribution in [3.63, 3.8) is 0 Å². The van der Waals surface area contributed by atoms with Crippen LogP contribution >= 0.6 is 15.9 Å². The highest BCUT2D eigenvalue weighted by atomic mass is 79.9. The van der Waals surface area contributed by atoms with E-state index in [2.05, 4.69) is 15.9 Å². The Morgan fingerprint density at radius 2 is 2.25 bits per heavy atom. The molecule has 86 valence electrons. The van der Waals surface area contributed by atoms with Crippen LogP contribution in [0.4, 0.5) is 5.69 Å². The molecule has 0 aliphatic carbocycles. The molecule has 0 radical (unpaired) electrons. The number of hydrogen-bond acceptors (Lipinski definition) is 4. The van der Waals surface area contributed by atoms with Crippen LogP contribution in [-0.2, 0) is 11.4 Å². The Hall–Kier alpha value is -1.27. The molecule has 0 heterocycles. The second kappa shape index (κ2) is 5.18. The summed E-state index contributed by atoms with van der Waals surface area (Å²) in [4.78, 5) is 20.7. The van der Waals surface area contributed by atoms with E-state index in [9.17, 15) is 14.9 Å². The normalized spacial score (nSPS) is 12.2. The molecule has 0 spiro atoms. The van der Waals surface area contributed by atoms with Crippen LogP contribution in [0.15, 0.2) is 18.2 Å². The first kappa shape index (κ1) is 12.8. The van der Waals surface area contributed by atoms with E-state index in [4.69, 9.17) is 5.11 Å². The standard InChI is InChI=1S/C10H10BrNO4/c1-6(14)10(11)9-7(5-13)3-2-4-8(9)12(15)16/h2-4,10,13H,5H2,1H3. The van der Waals surface area contributed by atoms with E-state index in [0.29, 0.717) is 5.56 Å². The van der Waals surface area contributed by atoms with Crippen molar-refractivity contribution in [2.45, 2.75) is 18.4 Å². The summed E-state index contributed by atoms with van der Waals surface area (Å²) in [5, 5.41) is 19.9. The number of nitro groups is 1. The molecular formula is C10H10BrNO4. The van der Waals surface area contributed by atoms with Crippen LogP contribution < -0.4 is 0 Å². The summed E-state index contributed by atoms with van der Waals surface area (Å²) in [5.41, 5.74) is 0.442. The second-order valence-electron chi connectivity index (χ2n) is 3.24. The van der Waals surface area contributed by atoms with Crippen LogP contribution in [0, 0.1) is 10.1 Å². The number of rotatable bonds is 4. The molecular weight excluding hydrogens is 278 g/mol. The Kier molecular flexibility index (Phi) is 4.14. The third kappa shape index (κ3) is 2.45. The Morgan fingerprint density at radius 3 is 2.69 bits per heavy atom. The lowest BCUT2D eigenvalue weighted by Gasteiger charge is -2.11. The van der Waals surface area contributed by atoms with Crippen LogP contribution in [0.1, 0.15) is 22.9 Å². The molecule has 0 saturated heterocycles. The number of benzene rings is 1. The summed E-state index contributed by atoms with van der Waals surface area (Å²) < 4.78 is 0. The molecule has 0 fully saturated rings. The molecule has 1 aromatic carbocycles. The minimum atomic E-state index is -0.767. The van der Waals surface area contributed by atoms with Gasteiger partial charge in [-0.25, -0.2) is 0 Å². The van der Waals surface area contributed by atoms with Gasteiger partial charge in [-0.1, -0.05) is 28.1 Å². The Bertz CT molecular complexity index is 433. The van der Waals surface area contributed by atoms with Gasteiger partial charge in [-0.15, -0.1) is 0 Å². The van der Waals surface area contributed by atoms with Gasteiger partial charge in [0.2, 0.25) is 0 Å². The van der Waals surface area contributed by atoms with Crippen LogP contribution in [-0.4, -0.2) is 15.8 Å². The third-order valence-corrected chi connectivity index (χ3v) is 3.25. The molecule has 0 saturated carbocycles. The Morgan fingerprint density at radius 1 is 1.62 bits per heavy atom.